The zero-order chi connectivity index (χ0) is 20.8. The minimum absolute atomic E-state index is 0.0505. The monoisotopic (exact) mass is 420 g/mol. The third-order valence-corrected chi connectivity index (χ3v) is 5.38. The van der Waals surface area contributed by atoms with Gasteiger partial charge in [0.05, 0.1) is 44.9 Å². The van der Waals surface area contributed by atoms with Crippen LogP contribution in [0.3, 0.4) is 0 Å². The number of aromatic nitrogens is 1. The number of hydrogen-bond acceptors (Lipinski definition) is 4. The van der Waals surface area contributed by atoms with E-state index in [-0.39, 0.29) is 23.6 Å². The van der Waals surface area contributed by atoms with Crippen molar-refractivity contribution in [1.29, 1.82) is 0 Å². The van der Waals surface area contributed by atoms with Gasteiger partial charge in [-0.15, -0.1) is 0 Å². The number of halogens is 1. The van der Waals surface area contributed by atoms with Crippen LogP contribution in [0.15, 0.2) is 35.3 Å². The second-order valence-corrected chi connectivity index (χ2v) is 7.64. The van der Waals surface area contributed by atoms with Crippen LogP contribution in [0.25, 0.3) is 0 Å². The Hall–Kier alpha value is -2.51. The van der Waals surface area contributed by atoms with Crippen LogP contribution >= 0.6 is 11.6 Å². The summed E-state index contributed by atoms with van der Waals surface area (Å²) in [5, 5.41) is 3.34. The van der Waals surface area contributed by atoms with Crippen LogP contribution in [0.2, 0.25) is 5.02 Å². The van der Waals surface area contributed by atoms with Gasteiger partial charge in [0.25, 0.3) is 0 Å². The van der Waals surface area contributed by atoms with Crippen LogP contribution in [0.1, 0.15) is 25.0 Å². The summed E-state index contributed by atoms with van der Waals surface area (Å²) in [6.07, 6.45) is 5.23. The van der Waals surface area contributed by atoms with Crippen molar-refractivity contribution in [2.75, 3.05) is 32.6 Å². The molecule has 156 valence electrons. The molecule has 1 aromatic heterocycles. The topological polar surface area (TPSA) is 74.0 Å². The number of anilines is 1. The number of methoxy groups -OCH3 is 2. The van der Waals surface area contributed by atoms with E-state index >= 15 is 0 Å². The average Bonchev–Trinajstić information content (AvgIpc) is 2.71. The molecule has 0 atom stereocenters. The number of hydrogen-bond donors (Lipinski definition) is 2. The van der Waals surface area contributed by atoms with Gasteiger partial charge in [0.1, 0.15) is 18.8 Å². The van der Waals surface area contributed by atoms with Gasteiger partial charge in [-0.25, -0.2) is 0 Å². The van der Waals surface area contributed by atoms with Gasteiger partial charge in [0, 0.05) is 11.1 Å². The van der Waals surface area contributed by atoms with Crippen LogP contribution in [0.5, 0.6) is 11.5 Å². The van der Waals surface area contributed by atoms with Crippen molar-refractivity contribution >= 4 is 23.2 Å². The van der Waals surface area contributed by atoms with Crippen LogP contribution in [-0.4, -0.2) is 37.8 Å². The lowest BCUT2D eigenvalue weighted by atomic mass is 10.1. The fourth-order valence-corrected chi connectivity index (χ4v) is 3.83. The van der Waals surface area contributed by atoms with Crippen molar-refractivity contribution in [3.63, 3.8) is 0 Å². The zero-order valence-electron chi connectivity index (χ0n) is 16.8. The predicted molar refractivity (Wildman–Crippen MR) is 112 cm³/mol. The molecule has 0 spiro atoms. The van der Waals surface area contributed by atoms with E-state index in [0.29, 0.717) is 23.0 Å². The van der Waals surface area contributed by atoms with E-state index in [4.69, 9.17) is 21.1 Å². The number of rotatable bonds is 7. The molecular weight excluding hydrogens is 394 g/mol. The number of nitrogens with zero attached hydrogens (tertiary/aromatic N) is 1. The number of carbonyl (C=O) groups is 1. The number of likely N-dealkylation sites (tertiary alicyclic amines) is 1. The normalized spacial score (nSPS) is 14.4. The molecule has 2 heterocycles. The number of pyridine rings is 1. The number of benzene rings is 1. The number of carbonyl (C=O) groups excluding carboxylic acids is 1. The van der Waals surface area contributed by atoms with Crippen LogP contribution in [0.4, 0.5) is 5.69 Å². The van der Waals surface area contributed by atoms with E-state index in [9.17, 15) is 9.59 Å². The number of amides is 1. The van der Waals surface area contributed by atoms with E-state index < -0.39 is 0 Å². The quantitative estimate of drug-likeness (QED) is 0.715. The minimum Gasteiger partial charge on any atom is -0.495 e. The zero-order valence-corrected chi connectivity index (χ0v) is 17.6. The van der Waals surface area contributed by atoms with E-state index in [0.717, 1.165) is 18.8 Å². The molecule has 0 aliphatic carbocycles. The first-order chi connectivity index (χ1) is 14.0. The molecule has 0 unspecified atom stereocenters. The third kappa shape index (κ3) is 5.52. The lowest BCUT2D eigenvalue weighted by Gasteiger charge is -2.25. The Balaban J connectivity index is 1.81. The van der Waals surface area contributed by atoms with Crippen molar-refractivity contribution in [3.05, 3.63) is 51.4 Å². The molecule has 0 bridgehead atoms. The Kier molecular flexibility index (Phi) is 7.17. The molecule has 1 saturated heterocycles. The van der Waals surface area contributed by atoms with Gasteiger partial charge in [0.2, 0.25) is 11.3 Å². The first-order valence-electron chi connectivity index (χ1n) is 9.74. The highest BCUT2D eigenvalue weighted by molar-refractivity contribution is 6.31. The number of nitrogens with one attached hydrogen (secondary N) is 2. The van der Waals surface area contributed by atoms with Crippen molar-refractivity contribution < 1.29 is 19.2 Å². The molecule has 2 N–H and O–H groups in total. The van der Waals surface area contributed by atoms with Crippen molar-refractivity contribution in [2.45, 2.75) is 32.4 Å². The van der Waals surface area contributed by atoms with E-state index in [1.165, 1.54) is 38.4 Å². The maximum Gasteiger partial charge on any atom is 0.244 e. The molecule has 7 nitrogen and oxygen atoms in total. The first-order valence-corrected chi connectivity index (χ1v) is 10.1. The molecule has 1 fully saturated rings. The summed E-state index contributed by atoms with van der Waals surface area (Å²) in [5.41, 5.74) is 1.15. The number of quaternary nitrogens is 1. The number of piperidine rings is 1. The third-order valence-electron chi connectivity index (χ3n) is 5.14. The highest BCUT2D eigenvalue weighted by atomic mass is 35.5. The van der Waals surface area contributed by atoms with Gasteiger partial charge < -0.3 is 24.3 Å². The first kappa shape index (κ1) is 21.2. The second-order valence-electron chi connectivity index (χ2n) is 7.21. The summed E-state index contributed by atoms with van der Waals surface area (Å²) in [6.45, 7) is 2.90. The van der Waals surface area contributed by atoms with Crippen molar-refractivity contribution in [3.8, 4) is 11.5 Å². The van der Waals surface area contributed by atoms with Crippen LogP contribution < -0.4 is 25.1 Å². The maximum absolute atomic E-state index is 12.7. The highest BCUT2D eigenvalue weighted by Crippen LogP contribution is 2.27. The molecule has 0 saturated carbocycles. The predicted octanol–water partition coefficient (Wildman–Crippen LogP) is 1.73. The Morgan fingerprint density at radius 3 is 2.55 bits per heavy atom. The van der Waals surface area contributed by atoms with Crippen molar-refractivity contribution in [2.24, 2.45) is 0 Å². The lowest BCUT2D eigenvalue weighted by molar-refractivity contribution is -0.919. The Morgan fingerprint density at radius 2 is 1.86 bits per heavy atom. The summed E-state index contributed by atoms with van der Waals surface area (Å²) < 4.78 is 12.2. The molecule has 1 aromatic carbocycles. The summed E-state index contributed by atoms with van der Waals surface area (Å²) in [4.78, 5) is 26.4. The molecule has 1 amide bonds. The van der Waals surface area contributed by atoms with Gasteiger partial charge in [-0.1, -0.05) is 11.6 Å². The molecule has 1 aliphatic heterocycles. The fourth-order valence-electron chi connectivity index (χ4n) is 3.65. The van der Waals surface area contributed by atoms with Crippen molar-refractivity contribution in [1.82, 2.24) is 4.57 Å². The molecule has 0 radical (unpaired) electrons. The molecule has 8 heteroatoms. The molecule has 29 heavy (non-hydrogen) atoms. The summed E-state index contributed by atoms with van der Waals surface area (Å²) >= 11 is 6.04. The van der Waals surface area contributed by atoms with Gasteiger partial charge in [-0.2, -0.15) is 0 Å². The van der Waals surface area contributed by atoms with Gasteiger partial charge in [-0.05, 0) is 37.5 Å². The Bertz CT molecular complexity index is 923. The Morgan fingerprint density at radius 1 is 1.14 bits per heavy atom. The van der Waals surface area contributed by atoms with E-state index in [1.807, 2.05) is 0 Å². The molecular formula is C21H27ClN3O4+. The molecule has 2 aromatic rings. The molecule has 1 aliphatic rings. The average molecular weight is 421 g/mol. The standard InChI is InChI=1S/C21H26ClN3O4/c1-28-19-7-6-15(22)10-17(19)23-21(27)14-25-13-20(29-2)18(26)11-16(25)12-24-8-4-3-5-9-24/h6-7,10-11,13H,3-5,8-9,12,14H2,1-2H3,(H,23,27)/p+1. The molecule has 3 rings (SSSR count). The second kappa shape index (κ2) is 9.80. The SMILES string of the molecule is COc1ccc(Cl)cc1NC(=O)Cn1cc(OC)c(=O)cc1C[NH+]1CCCCC1. The summed E-state index contributed by atoms with van der Waals surface area (Å²) in [5.74, 6) is 0.500. The fraction of sp³-hybridized carbons (Fsp3) is 0.429. The number of ether oxygens (including phenoxy) is 2. The summed E-state index contributed by atoms with van der Waals surface area (Å²) in [6, 6.07) is 6.62. The van der Waals surface area contributed by atoms with Crippen LogP contribution in [-0.2, 0) is 17.9 Å². The Labute approximate surface area is 175 Å². The smallest absolute Gasteiger partial charge is 0.244 e. The van der Waals surface area contributed by atoms with Gasteiger partial charge in [0.15, 0.2) is 5.75 Å². The summed E-state index contributed by atoms with van der Waals surface area (Å²) in [7, 11) is 2.98. The minimum atomic E-state index is -0.244. The van der Waals surface area contributed by atoms with Gasteiger partial charge >= 0.3 is 0 Å². The largest absolute Gasteiger partial charge is 0.495 e. The van der Waals surface area contributed by atoms with Gasteiger partial charge in [-0.3, -0.25) is 9.59 Å². The van der Waals surface area contributed by atoms with E-state index in [2.05, 4.69) is 5.32 Å². The highest BCUT2D eigenvalue weighted by Gasteiger charge is 2.18. The lowest BCUT2D eigenvalue weighted by Crippen LogP contribution is -3.11. The van der Waals surface area contributed by atoms with E-state index in [1.54, 1.807) is 35.0 Å². The van der Waals surface area contributed by atoms with Crippen LogP contribution in [0, 0.1) is 0 Å². The maximum atomic E-state index is 12.7.